The second-order valence-electron chi connectivity index (χ2n) is 6.61. The maximum Gasteiger partial charge on any atom is 0.348 e. The van der Waals surface area contributed by atoms with Crippen molar-refractivity contribution in [3.8, 4) is 0 Å². The van der Waals surface area contributed by atoms with E-state index in [1.165, 1.54) is 17.4 Å². The number of nitrogens with zero attached hydrogens (tertiary/aromatic N) is 3. The van der Waals surface area contributed by atoms with Gasteiger partial charge >= 0.3 is 5.97 Å². The molecule has 0 bridgehead atoms. The summed E-state index contributed by atoms with van der Waals surface area (Å²) in [5.41, 5.74) is 0.181. The van der Waals surface area contributed by atoms with Crippen LogP contribution in [0.15, 0.2) is 30.6 Å². The van der Waals surface area contributed by atoms with Crippen LogP contribution in [0.5, 0.6) is 0 Å². The highest BCUT2D eigenvalue weighted by Gasteiger charge is 2.41. The van der Waals surface area contributed by atoms with Gasteiger partial charge in [0.25, 0.3) is 0 Å². The summed E-state index contributed by atoms with van der Waals surface area (Å²) in [6, 6.07) is 4.79. The molecule has 3 aromatic rings. The molecule has 1 N–H and O–H groups in total. The summed E-state index contributed by atoms with van der Waals surface area (Å²) < 4.78 is 19.2. The average molecular weight is 386 g/mol. The summed E-state index contributed by atoms with van der Waals surface area (Å²) >= 11 is 1.27. The van der Waals surface area contributed by atoms with Crippen LogP contribution in [0.4, 0.5) is 10.3 Å². The van der Waals surface area contributed by atoms with Crippen molar-refractivity contribution >= 4 is 33.5 Å². The Bertz CT molecular complexity index is 987. The molecular weight excluding hydrogens is 367 g/mol. The number of hydrogen-bond donors (Lipinski definition) is 1. The largest absolute Gasteiger partial charge is 0.462 e. The van der Waals surface area contributed by atoms with Gasteiger partial charge in [0, 0.05) is 29.7 Å². The molecule has 0 radical (unpaired) electrons. The summed E-state index contributed by atoms with van der Waals surface area (Å²) in [6.07, 6.45) is 6.11. The van der Waals surface area contributed by atoms with Crippen molar-refractivity contribution in [1.82, 2.24) is 15.0 Å². The molecule has 6 nitrogen and oxygen atoms in total. The molecule has 8 heteroatoms. The Morgan fingerprint density at radius 2 is 2.26 bits per heavy atom. The van der Waals surface area contributed by atoms with Crippen LogP contribution >= 0.6 is 11.3 Å². The maximum absolute atomic E-state index is 14.2. The summed E-state index contributed by atoms with van der Waals surface area (Å²) in [5, 5.41) is 4.02. The number of aromatic nitrogens is 3. The lowest BCUT2D eigenvalue weighted by Crippen LogP contribution is -2.42. The zero-order valence-electron chi connectivity index (χ0n) is 14.9. The fraction of sp³-hybridized carbons (Fsp3) is 0.368. The van der Waals surface area contributed by atoms with E-state index in [0.717, 1.165) is 24.6 Å². The molecule has 0 amide bonds. The van der Waals surface area contributed by atoms with E-state index in [4.69, 9.17) is 4.74 Å². The molecule has 3 aromatic heterocycles. The summed E-state index contributed by atoms with van der Waals surface area (Å²) in [4.78, 5) is 26.2. The summed E-state index contributed by atoms with van der Waals surface area (Å²) in [6.45, 7) is 2.62. The molecule has 4 rings (SSSR count). The van der Waals surface area contributed by atoms with Gasteiger partial charge in [0.2, 0.25) is 5.95 Å². The number of nitrogens with one attached hydrogen (secondary N) is 1. The van der Waals surface area contributed by atoms with Gasteiger partial charge in [0.15, 0.2) is 0 Å². The fourth-order valence-corrected chi connectivity index (χ4v) is 4.24. The van der Waals surface area contributed by atoms with Gasteiger partial charge in [-0.1, -0.05) is 6.42 Å². The number of pyridine rings is 1. The zero-order valence-corrected chi connectivity index (χ0v) is 15.7. The minimum Gasteiger partial charge on any atom is -0.462 e. The van der Waals surface area contributed by atoms with Crippen LogP contribution < -0.4 is 5.32 Å². The van der Waals surface area contributed by atoms with Crippen LogP contribution in [0, 0.1) is 5.82 Å². The smallest absolute Gasteiger partial charge is 0.348 e. The number of rotatable bonds is 6. The van der Waals surface area contributed by atoms with Crippen molar-refractivity contribution < 1.29 is 13.9 Å². The Hall–Kier alpha value is -2.61. The Morgan fingerprint density at radius 3 is 2.96 bits per heavy atom. The van der Waals surface area contributed by atoms with E-state index in [1.54, 1.807) is 31.5 Å². The lowest BCUT2D eigenvalue weighted by molar-refractivity contribution is 0.0532. The zero-order chi connectivity index (χ0) is 18.9. The van der Waals surface area contributed by atoms with Crippen molar-refractivity contribution in [2.24, 2.45) is 0 Å². The number of halogens is 1. The summed E-state index contributed by atoms with van der Waals surface area (Å²) in [5.74, 6) is -0.163. The molecule has 0 aliphatic heterocycles. The number of carbonyl (C=O) groups is 1. The van der Waals surface area contributed by atoms with Crippen LogP contribution in [-0.2, 0) is 10.2 Å². The number of esters is 1. The molecule has 1 saturated carbocycles. The van der Waals surface area contributed by atoms with Crippen molar-refractivity contribution in [1.29, 1.82) is 0 Å². The molecule has 1 aliphatic rings. The predicted octanol–water partition coefficient (Wildman–Crippen LogP) is 3.94. The number of anilines is 1. The third-order valence-corrected chi connectivity index (χ3v) is 5.93. The third kappa shape index (κ3) is 3.37. The number of thiophene rings is 1. The lowest BCUT2D eigenvalue weighted by atomic mass is 9.66. The normalized spacial score (nSPS) is 15.3. The maximum atomic E-state index is 14.2. The number of ether oxygens (including phenoxy) is 1. The summed E-state index contributed by atoms with van der Waals surface area (Å²) in [7, 11) is 0. The van der Waals surface area contributed by atoms with Crippen LogP contribution in [-0.4, -0.2) is 34.1 Å². The van der Waals surface area contributed by atoms with Crippen LogP contribution in [0.25, 0.3) is 10.2 Å². The minimum atomic E-state index is -0.353. The number of hydrogen-bond acceptors (Lipinski definition) is 7. The SMILES string of the molecule is CCOC(=O)c1cc2cnc(NCC3(c4ncccc4F)CCC3)nc2s1. The first kappa shape index (κ1) is 17.8. The van der Waals surface area contributed by atoms with Gasteiger partial charge < -0.3 is 10.1 Å². The first-order chi connectivity index (χ1) is 13.1. The van der Waals surface area contributed by atoms with Gasteiger partial charge in [0.05, 0.1) is 12.3 Å². The van der Waals surface area contributed by atoms with E-state index < -0.39 is 0 Å². The molecule has 0 aromatic carbocycles. The van der Waals surface area contributed by atoms with Gasteiger partial charge in [0.1, 0.15) is 15.5 Å². The topological polar surface area (TPSA) is 77.0 Å². The highest BCUT2D eigenvalue weighted by molar-refractivity contribution is 7.20. The third-order valence-electron chi connectivity index (χ3n) is 4.91. The van der Waals surface area contributed by atoms with Gasteiger partial charge in [-0.25, -0.2) is 19.2 Å². The van der Waals surface area contributed by atoms with E-state index in [-0.39, 0.29) is 17.2 Å². The van der Waals surface area contributed by atoms with Crippen molar-refractivity contribution in [3.05, 3.63) is 47.0 Å². The van der Waals surface area contributed by atoms with Gasteiger partial charge in [-0.3, -0.25) is 4.98 Å². The molecule has 0 spiro atoms. The number of carbonyl (C=O) groups excluding carboxylic acids is 1. The molecule has 3 heterocycles. The van der Waals surface area contributed by atoms with E-state index in [1.807, 2.05) is 0 Å². The standard InChI is InChI=1S/C19H19FN4O2S/c1-2-26-17(25)14-9-12-10-22-18(24-16(12)27-14)23-11-19(6-4-7-19)15-13(20)5-3-8-21-15/h3,5,8-10H,2,4,6-7,11H2,1H3,(H,22,23,24). The van der Waals surface area contributed by atoms with E-state index >= 15 is 0 Å². The van der Waals surface area contributed by atoms with Gasteiger partial charge in [-0.2, -0.15) is 0 Å². The Labute approximate surface area is 159 Å². The van der Waals surface area contributed by atoms with Crippen LogP contribution in [0.3, 0.4) is 0 Å². The van der Waals surface area contributed by atoms with Crippen molar-refractivity contribution in [3.63, 3.8) is 0 Å². The highest BCUT2D eigenvalue weighted by atomic mass is 32.1. The fourth-order valence-electron chi connectivity index (χ4n) is 3.34. The lowest BCUT2D eigenvalue weighted by Gasteiger charge is -2.41. The van der Waals surface area contributed by atoms with Crippen LogP contribution in [0.1, 0.15) is 41.6 Å². The van der Waals surface area contributed by atoms with E-state index in [2.05, 4.69) is 20.3 Å². The quantitative estimate of drug-likeness (QED) is 0.647. The van der Waals surface area contributed by atoms with E-state index in [0.29, 0.717) is 34.5 Å². The van der Waals surface area contributed by atoms with Gasteiger partial charge in [-0.15, -0.1) is 11.3 Å². The highest BCUT2D eigenvalue weighted by Crippen LogP contribution is 2.43. The Balaban J connectivity index is 1.53. The Morgan fingerprint density at radius 1 is 1.41 bits per heavy atom. The molecule has 27 heavy (non-hydrogen) atoms. The average Bonchev–Trinajstić information content (AvgIpc) is 3.06. The molecule has 1 aliphatic carbocycles. The molecular formula is C19H19FN4O2S. The number of fused-ring (bicyclic) bond motifs is 1. The van der Waals surface area contributed by atoms with E-state index in [9.17, 15) is 9.18 Å². The molecule has 1 fully saturated rings. The van der Waals surface area contributed by atoms with Crippen LogP contribution in [0.2, 0.25) is 0 Å². The van der Waals surface area contributed by atoms with Crippen molar-refractivity contribution in [2.45, 2.75) is 31.6 Å². The van der Waals surface area contributed by atoms with Gasteiger partial charge in [-0.05, 0) is 38.0 Å². The monoisotopic (exact) mass is 386 g/mol. The second kappa shape index (κ2) is 7.19. The Kier molecular flexibility index (Phi) is 4.73. The first-order valence-electron chi connectivity index (χ1n) is 8.90. The van der Waals surface area contributed by atoms with Crippen molar-refractivity contribution in [2.75, 3.05) is 18.5 Å². The molecule has 0 unspecified atom stereocenters. The molecule has 0 atom stereocenters. The minimum absolute atomic E-state index is 0.271. The predicted molar refractivity (Wildman–Crippen MR) is 102 cm³/mol. The molecule has 140 valence electrons. The molecule has 0 saturated heterocycles. The second-order valence-corrected chi connectivity index (χ2v) is 7.64. The first-order valence-corrected chi connectivity index (χ1v) is 9.71.